The van der Waals surface area contributed by atoms with Gasteiger partial charge in [-0.15, -0.1) is 0 Å². The summed E-state index contributed by atoms with van der Waals surface area (Å²) in [5.74, 6) is 1.03. The van der Waals surface area contributed by atoms with Gasteiger partial charge in [-0.25, -0.2) is 0 Å². The van der Waals surface area contributed by atoms with Gasteiger partial charge in [0.25, 0.3) is 0 Å². The summed E-state index contributed by atoms with van der Waals surface area (Å²) in [5.41, 5.74) is 1.98. The van der Waals surface area contributed by atoms with Gasteiger partial charge in [-0.2, -0.15) is 0 Å². The highest BCUT2D eigenvalue weighted by atomic mass is 15.0. The fourth-order valence-electron chi connectivity index (χ4n) is 6.89. The summed E-state index contributed by atoms with van der Waals surface area (Å²) in [4.78, 5) is 0. The summed E-state index contributed by atoms with van der Waals surface area (Å²) in [6.45, 7) is 8.77. The van der Waals surface area contributed by atoms with Crippen molar-refractivity contribution in [1.82, 2.24) is 10.6 Å². The van der Waals surface area contributed by atoms with Gasteiger partial charge in [-0.1, -0.05) is 13.8 Å². The molecule has 0 saturated heterocycles. The average Bonchev–Trinajstić information content (AvgIpc) is 3.07. The maximum Gasteiger partial charge on any atom is 0.00793 e. The molecule has 2 N–H and O–H groups in total. The standard InChI is InChI=1S/C18H32N2/c1-16-7-14-8-17(2,10-16)12-18(9-14,11-16)13-19-5-6-20-15-3-4-15/h14-15,19-20H,3-13H2,1-2H3. The third-order valence-electron chi connectivity index (χ3n) is 6.55. The Bertz CT molecular complexity index is 369. The summed E-state index contributed by atoms with van der Waals surface area (Å²) in [6, 6.07) is 0.856. The number of nitrogens with one attached hydrogen (secondary N) is 2. The molecule has 5 fully saturated rings. The van der Waals surface area contributed by atoms with E-state index >= 15 is 0 Å². The van der Waals surface area contributed by atoms with Crippen LogP contribution in [0.25, 0.3) is 0 Å². The van der Waals surface area contributed by atoms with Gasteiger partial charge in [-0.05, 0) is 73.5 Å². The Hall–Kier alpha value is -0.0800. The normalized spacial score (nSPS) is 49.8. The van der Waals surface area contributed by atoms with Gasteiger partial charge in [0.05, 0.1) is 0 Å². The smallest absolute Gasteiger partial charge is 0.00793 e. The molecule has 2 unspecified atom stereocenters. The van der Waals surface area contributed by atoms with Gasteiger partial charge in [0, 0.05) is 25.7 Å². The van der Waals surface area contributed by atoms with Crippen molar-refractivity contribution in [3.05, 3.63) is 0 Å². The van der Waals surface area contributed by atoms with Crippen LogP contribution in [-0.4, -0.2) is 25.7 Å². The Labute approximate surface area is 124 Å². The minimum absolute atomic E-state index is 0.641. The van der Waals surface area contributed by atoms with Crippen LogP contribution in [0.3, 0.4) is 0 Å². The van der Waals surface area contributed by atoms with Crippen LogP contribution in [0.2, 0.25) is 0 Å². The SMILES string of the molecule is CC12CC3CC(C)(C1)CC(CNCCNC1CC1)(C3)C2. The van der Waals surface area contributed by atoms with Crippen molar-refractivity contribution in [2.45, 2.75) is 71.3 Å². The summed E-state index contributed by atoms with van der Waals surface area (Å²) in [7, 11) is 0. The van der Waals surface area contributed by atoms with Crippen LogP contribution in [0.5, 0.6) is 0 Å². The lowest BCUT2D eigenvalue weighted by atomic mass is 9.40. The molecule has 2 nitrogen and oxygen atoms in total. The summed E-state index contributed by atoms with van der Waals surface area (Å²) in [6.07, 6.45) is 11.9. The van der Waals surface area contributed by atoms with Gasteiger partial charge in [0.15, 0.2) is 0 Å². The molecule has 0 aromatic heterocycles. The molecule has 2 atom stereocenters. The molecule has 114 valence electrons. The van der Waals surface area contributed by atoms with Crippen molar-refractivity contribution >= 4 is 0 Å². The van der Waals surface area contributed by atoms with Crippen molar-refractivity contribution in [2.75, 3.05) is 19.6 Å². The minimum Gasteiger partial charge on any atom is -0.315 e. The van der Waals surface area contributed by atoms with E-state index < -0.39 is 0 Å². The van der Waals surface area contributed by atoms with Crippen molar-refractivity contribution in [2.24, 2.45) is 22.2 Å². The Kier molecular flexibility index (Phi) is 3.03. The lowest BCUT2D eigenvalue weighted by Gasteiger charge is -2.65. The maximum absolute atomic E-state index is 3.80. The molecule has 0 spiro atoms. The molecule has 5 aliphatic rings. The van der Waals surface area contributed by atoms with E-state index in [0.717, 1.165) is 18.5 Å². The maximum atomic E-state index is 3.80. The van der Waals surface area contributed by atoms with Gasteiger partial charge >= 0.3 is 0 Å². The fraction of sp³-hybridized carbons (Fsp3) is 1.00. The molecule has 5 rings (SSSR count). The zero-order valence-electron chi connectivity index (χ0n) is 13.4. The van der Waals surface area contributed by atoms with E-state index in [1.807, 2.05) is 0 Å². The van der Waals surface area contributed by atoms with E-state index in [0.29, 0.717) is 16.2 Å². The Morgan fingerprint density at radius 2 is 1.60 bits per heavy atom. The molecule has 5 aliphatic carbocycles. The molecule has 2 heteroatoms. The topological polar surface area (TPSA) is 24.1 Å². The molecule has 0 amide bonds. The molecule has 0 radical (unpaired) electrons. The molecule has 0 aromatic carbocycles. The molecule has 20 heavy (non-hydrogen) atoms. The highest BCUT2D eigenvalue weighted by molar-refractivity contribution is 5.10. The predicted molar refractivity (Wildman–Crippen MR) is 83.7 cm³/mol. The molecule has 0 aromatic rings. The first-order valence-electron chi connectivity index (χ1n) is 8.93. The van der Waals surface area contributed by atoms with Crippen LogP contribution in [0.15, 0.2) is 0 Å². The number of hydrogen-bond acceptors (Lipinski definition) is 2. The minimum atomic E-state index is 0.641. The van der Waals surface area contributed by atoms with Crippen LogP contribution >= 0.6 is 0 Å². The second-order valence-corrected chi connectivity index (χ2v) is 9.54. The largest absolute Gasteiger partial charge is 0.315 e. The fourth-order valence-corrected chi connectivity index (χ4v) is 6.89. The average molecular weight is 276 g/mol. The first kappa shape index (κ1) is 13.6. The molecule has 0 aliphatic heterocycles. The zero-order chi connectivity index (χ0) is 13.8. The molecule has 5 saturated carbocycles. The zero-order valence-corrected chi connectivity index (χ0v) is 13.4. The Balaban J connectivity index is 1.34. The molecular formula is C18H32N2. The summed E-state index contributed by atoms with van der Waals surface area (Å²) < 4.78 is 0. The van der Waals surface area contributed by atoms with Crippen LogP contribution in [0.4, 0.5) is 0 Å². The highest BCUT2D eigenvalue weighted by Gasteiger charge is 2.59. The monoisotopic (exact) mass is 276 g/mol. The van der Waals surface area contributed by atoms with Crippen LogP contribution in [0, 0.1) is 22.2 Å². The lowest BCUT2D eigenvalue weighted by molar-refractivity contribution is -0.143. The number of rotatable bonds is 6. The van der Waals surface area contributed by atoms with Crippen molar-refractivity contribution in [1.29, 1.82) is 0 Å². The van der Waals surface area contributed by atoms with E-state index in [4.69, 9.17) is 0 Å². The van der Waals surface area contributed by atoms with Gasteiger partial charge < -0.3 is 10.6 Å². The second-order valence-electron chi connectivity index (χ2n) is 9.54. The van der Waals surface area contributed by atoms with Gasteiger partial charge in [0.2, 0.25) is 0 Å². The van der Waals surface area contributed by atoms with Crippen molar-refractivity contribution in [3.63, 3.8) is 0 Å². The van der Waals surface area contributed by atoms with Crippen LogP contribution < -0.4 is 10.6 Å². The quantitative estimate of drug-likeness (QED) is 0.727. The lowest BCUT2D eigenvalue weighted by Crippen LogP contribution is -2.57. The molecule has 0 heterocycles. The number of hydrogen-bond donors (Lipinski definition) is 2. The third kappa shape index (κ3) is 2.54. The van der Waals surface area contributed by atoms with E-state index in [9.17, 15) is 0 Å². The summed E-state index contributed by atoms with van der Waals surface area (Å²) >= 11 is 0. The van der Waals surface area contributed by atoms with Gasteiger partial charge in [0.1, 0.15) is 0 Å². The van der Waals surface area contributed by atoms with Crippen LogP contribution in [-0.2, 0) is 0 Å². The Morgan fingerprint density at radius 3 is 2.20 bits per heavy atom. The first-order chi connectivity index (χ1) is 9.49. The second kappa shape index (κ2) is 4.46. The molecule has 4 bridgehead atoms. The van der Waals surface area contributed by atoms with Gasteiger partial charge in [-0.3, -0.25) is 0 Å². The van der Waals surface area contributed by atoms with E-state index in [2.05, 4.69) is 24.5 Å². The highest BCUT2D eigenvalue weighted by Crippen LogP contribution is 2.69. The molecular weight excluding hydrogens is 244 g/mol. The van der Waals surface area contributed by atoms with E-state index in [1.165, 1.54) is 64.5 Å². The van der Waals surface area contributed by atoms with Crippen molar-refractivity contribution < 1.29 is 0 Å². The van der Waals surface area contributed by atoms with E-state index in [1.54, 1.807) is 0 Å². The third-order valence-corrected chi connectivity index (χ3v) is 6.55. The predicted octanol–water partition coefficient (Wildman–Crippen LogP) is 3.32. The Morgan fingerprint density at radius 1 is 0.900 bits per heavy atom. The first-order valence-corrected chi connectivity index (χ1v) is 8.93. The van der Waals surface area contributed by atoms with E-state index in [-0.39, 0.29) is 0 Å². The van der Waals surface area contributed by atoms with Crippen molar-refractivity contribution in [3.8, 4) is 0 Å². The summed E-state index contributed by atoms with van der Waals surface area (Å²) in [5, 5.41) is 7.42. The van der Waals surface area contributed by atoms with Crippen LogP contribution in [0.1, 0.15) is 65.2 Å².